The van der Waals surface area contributed by atoms with Gasteiger partial charge in [-0.15, -0.1) is 0 Å². The molecule has 0 saturated heterocycles. The first kappa shape index (κ1) is 20.0. The largest absolute Gasteiger partial charge is 0.325 e. The third-order valence-electron chi connectivity index (χ3n) is 3.57. The second kappa shape index (κ2) is 7.94. The maximum atomic E-state index is 12.5. The lowest BCUT2D eigenvalue weighted by atomic mass is 10.2. The van der Waals surface area contributed by atoms with E-state index in [0.29, 0.717) is 5.69 Å². The molecule has 0 radical (unpaired) electrons. The number of aryl methyl sites for hydroxylation is 1. The summed E-state index contributed by atoms with van der Waals surface area (Å²) in [5.41, 5.74) is 1.05. The molecular formula is C16H16BrN3O5S. The molecule has 0 aliphatic rings. The smallest absolute Gasteiger partial charge is 0.270 e. The average molecular weight is 442 g/mol. The Hall–Kier alpha value is -2.30. The molecule has 1 N–H and O–H groups in total. The molecular weight excluding hydrogens is 426 g/mol. The van der Waals surface area contributed by atoms with Crippen LogP contribution in [0.3, 0.4) is 0 Å². The SMILES string of the molecule is Cc1cc(Br)ccc1NC(=O)CN(C)S(=O)(=O)c1cccc([N+](=O)[O-])c1. The third-order valence-corrected chi connectivity index (χ3v) is 5.86. The van der Waals surface area contributed by atoms with Crippen LogP contribution in [0.1, 0.15) is 5.56 Å². The molecule has 0 aromatic heterocycles. The van der Waals surface area contributed by atoms with Crippen molar-refractivity contribution in [2.75, 3.05) is 18.9 Å². The lowest BCUT2D eigenvalue weighted by Gasteiger charge is -2.17. The number of nitrogens with zero attached hydrogens (tertiary/aromatic N) is 2. The van der Waals surface area contributed by atoms with Crippen molar-refractivity contribution in [2.45, 2.75) is 11.8 Å². The highest BCUT2D eigenvalue weighted by molar-refractivity contribution is 9.10. The van der Waals surface area contributed by atoms with Gasteiger partial charge in [0.2, 0.25) is 15.9 Å². The van der Waals surface area contributed by atoms with E-state index in [0.717, 1.165) is 20.4 Å². The molecule has 0 heterocycles. The van der Waals surface area contributed by atoms with Crippen molar-refractivity contribution in [2.24, 2.45) is 0 Å². The number of amides is 1. The Balaban J connectivity index is 2.14. The van der Waals surface area contributed by atoms with E-state index in [1.165, 1.54) is 25.2 Å². The van der Waals surface area contributed by atoms with Crippen molar-refractivity contribution in [3.8, 4) is 0 Å². The Bertz CT molecular complexity index is 962. The van der Waals surface area contributed by atoms with Crippen molar-refractivity contribution >= 4 is 43.2 Å². The highest BCUT2D eigenvalue weighted by Gasteiger charge is 2.24. The van der Waals surface area contributed by atoms with Gasteiger partial charge in [0.1, 0.15) is 0 Å². The number of hydrogen-bond acceptors (Lipinski definition) is 5. The molecule has 0 atom stereocenters. The first-order valence-corrected chi connectivity index (χ1v) is 9.61. The highest BCUT2D eigenvalue weighted by Crippen LogP contribution is 2.22. The number of benzene rings is 2. The number of carbonyl (C=O) groups excluding carboxylic acids is 1. The molecule has 8 nitrogen and oxygen atoms in total. The molecule has 138 valence electrons. The standard InChI is InChI=1S/C16H16BrN3O5S/c1-11-8-12(17)6-7-15(11)18-16(21)10-19(2)26(24,25)14-5-3-4-13(9-14)20(22)23/h3-9H,10H2,1-2H3,(H,18,21). The van der Waals surface area contributed by atoms with Gasteiger partial charge in [-0.2, -0.15) is 4.31 Å². The first-order chi connectivity index (χ1) is 12.1. The van der Waals surface area contributed by atoms with Gasteiger partial charge in [0.25, 0.3) is 5.69 Å². The lowest BCUT2D eigenvalue weighted by molar-refractivity contribution is -0.385. The molecule has 2 aromatic rings. The number of rotatable bonds is 6. The first-order valence-electron chi connectivity index (χ1n) is 7.38. The molecule has 2 rings (SSSR count). The van der Waals surface area contributed by atoms with E-state index in [4.69, 9.17) is 0 Å². The molecule has 2 aromatic carbocycles. The van der Waals surface area contributed by atoms with Crippen LogP contribution in [0.2, 0.25) is 0 Å². The van der Waals surface area contributed by atoms with Gasteiger partial charge in [0.15, 0.2) is 0 Å². The predicted molar refractivity (Wildman–Crippen MR) is 100 cm³/mol. The van der Waals surface area contributed by atoms with E-state index in [1.807, 2.05) is 13.0 Å². The monoisotopic (exact) mass is 441 g/mol. The molecule has 0 bridgehead atoms. The van der Waals surface area contributed by atoms with E-state index in [1.54, 1.807) is 12.1 Å². The molecule has 0 fully saturated rings. The third kappa shape index (κ3) is 4.65. The number of non-ortho nitro benzene ring substituents is 1. The van der Waals surface area contributed by atoms with Crippen LogP contribution in [0.25, 0.3) is 0 Å². The summed E-state index contributed by atoms with van der Waals surface area (Å²) in [5.74, 6) is -0.521. The minimum Gasteiger partial charge on any atom is -0.325 e. The van der Waals surface area contributed by atoms with Crippen molar-refractivity contribution in [1.29, 1.82) is 0 Å². The van der Waals surface area contributed by atoms with Gasteiger partial charge in [-0.1, -0.05) is 22.0 Å². The maximum Gasteiger partial charge on any atom is 0.270 e. The van der Waals surface area contributed by atoms with Crippen LogP contribution in [0, 0.1) is 17.0 Å². The number of nitrogens with one attached hydrogen (secondary N) is 1. The highest BCUT2D eigenvalue weighted by atomic mass is 79.9. The summed E-state index contributed by atoms with van der Waals surface area (Å²) >= 11 is 3.32. The van der Waals surface area contributed by atoms with Gasteiger partial charge in [-0.25, -0.2) is 8.42 Å². The second-order valence-corrected chi connectivity index (χ2v) is 8.48. The zero-order valence-electron chi connectivity index (χ0n) is 14.0. The molecule has 0 spiro atoms. The van der Waals surface area contributed by atoms with E-state index in [-0.39, 0.29) is 10.6 Å². The number of nitro benzene ring substituents is 1. The minimum absolute atomic E-state index is 0.248. The second-order valence-electron chi connectivity index (χ2n) is 5.52. The number of anilines is 1. The van der Waals surface area contributed by atoms with E-state index >= 15 is 0 Å². The van der Waals surface area contributed by atoms with Crippen molar-refractivity contribution in [3.05, 3.63) is 62.6 Å². The zero-order chi connectivity index (χ0) is 19.5. The van der Waals surface area contributed by atoms with Crippen LogP contribution in [-0.4, -0.2) is 37.1 Å². The number of carbonyl (C=O) groups is 1. The Labute approximate surface area is 159 Å². The summed E-state index contributed by atoms with van der Waals surface area (Å²) in [6.07, 6.45) is 0. The average Bonchev–Trinajstić information content (AvgIpc) is 2.57. The number of halogens is 1. The van der Waals surface area contributed by atoms with Crippen LogP contribution >= 0.6 is 15.9 Å². The predicted octanol–water partition coefficient (Wildman–Crippen LogP) is 2.92. The van der Waals surface area contributed by atoms with E-state index in [2.05, 4.69) is 21.2 Å². The molecule has 0 saturated carbocycles. The summed E-state index contributed by atoms with van der Waals surface area (Å²) < 4.78 is 26.7. The summed E-state index contributed by atoms with van der Waals surface area (Å²) in [6.45, 7) is 1.38. The Morgan fingerprint density at radius 3 is 2.58 bits per heavy atom. The van der Waals surface area contributed by atoms with Crippen LogP contribution < -0.4 is 5.32 Å². The fourth-order valence-electron chi connectivity index (χ4n) is 2.18. The van der Waals surface area contributed by atoms with Crippen LogP contribution in [-0.2, 0) is 14.8 Å². The quantitative estimate of drug-likeness (QED) is 0.547. The molecule has 10 heteroatoms. The molecule has 0 aliphatic carbocycles. The van der Waals surface area contributed by atoms with Gasteiger partial charge in [0.05, 0.1) is 16.4 Å². The van der Waals surface area contributed by atoms with Crippen molar-refractivity contribution < 1.29 is 18.1 Å². The van der Waals surface area contributed by atoms with E-state index < -0.39 is 27.4 Å². The molecule has 1 amide bonds. The van der Waals surface area contributed by atoms with E-state index in [9.17, 15) is 23.3 Å². The van der Waals surface area contributed by atoms with Crippen molar-refractivity contribution in [1.82, 2.24) is 4.31 Å². The van der Waals surface area contributed by atoms with Gasteiger partial charge in [0, 0.05) is 29.3 Å². The van der Waals surface area contributed by atoms with Crippen molar-refractivity contribution in [3.63, 3.8) is 0 Å². The summed E-state index contributed by atoms with van der Waals surface area (Å²) in [4.78, 5) is 22.1. The number of sulfonamides is 1. The number of nitro groups is 1. The van der Waals surface area contributed by atoms with Crippen LogP contribution in [0.4, 0.5) is 11.4 Å². The number of hydrogen-bond donors (Lipinski definition) is 1. The summed E-state index contributed by atoms with van der Waals surface area (Å²) in [5, 5.41) is 13.5. The summed E-state index contributed by atoms with van der Waals surface area (Å²) in [6, 6.07) is 9.96. The van der Waals surface area contributed by atoms with Gasteiger partial charge in [-0.3, -0.25) is 14.9 Å². The Kier molecular flexibility index (Phi) is 6.11. The van der Waals surface area contributed by atoms with Gasteiger partial charge < -0.3 is 5.32 Å². The topological polar surface area (TPSA) is 110 Å². The fourth-order valence-corrected chi connectivity index (χ4v) is 3.82. The van der Waals surface area contributed by atoms with Crippen LogP contribution in [0.5, 0.6) is 0 Å². The fraction of sp³-hybridized carbons (Fsp3) is 0.188. The summed E-state index contributed by atoms with van der Waals surface area (Å²) in [7, 11) is -2.80. The molecule has 0 aliphatic heterocycles. The molecule has 26 heavy (non-hydrogen) atoms. The van der Waals surface area contributed by atoms with Gasteiger partial charge >= 0.3 is 0 Å². The normalized spacial score (nSPS) is 11.4. The Morgan fingerprint density at radius 2 is 1.96 bits per heavy atom. The lowest BCUT2D eigenvalue weighted by Crippen LogP contribution is -2.35. The molecule has 0 unspecified atom stereocenters. The van der Waals surface area contributed by atoms with Gasteiger partial charge in [-0.05, 0) is 36.8 Å². The Morgan fingerprint density at radius 1 is 1.27 bits per heavy atom. The minimum atomic E-state index is -4.04. The van der Waals surface area contributed by atoms with Crippen LogP contribution in [0.15, 0.2) is 51.8 Å². The number of likely N-dealkylation sites (N-methyl/N-ethyl adjacent to an activating group) is 1. The zero-order valence-corrected chi connectivity index (χ0v) is 16.4. The maximum absolute atomic E-state index is 12.5.